The third-order valence-electron chi connectivity index (χ3n) is 4.28. The average molecular weight is 432 g/mol. The number of rotatable bonds is 8. The maximum atomic E-state index is 6.31. The van der Waals surface area contributed by atoms with Gasteiger partial charge >= 0.3 is 0 Å². The number of alkyl halides is 1. The molecule has 23 heavy (non-hydrogen) atoms. The monoisotopic (exact) mass is 432 g/mol. The van der Waals surface area contributed by atoms with Crippen LogP contribution in [0.2, 0.25) is 0 Å². The van der Waals surface area contributed by atoms with Crippen LogP contribution in [0.4, 0.5) is 0 Å². The van der Waals surface area contributed by atoms with E-state index in [1.54, 1.807) is 0 Å². The van der Waals surface area contributed by atoms with Crippen molar-refractivity contribution >= 4 is 22.6 Å². The molecule has 0 saturated carbocycles. The molecule has 0 radical (unpaired) electrons. The van der Waals surface area contributed by atoms with Gasteiger partial charge in [-0.05, 0) is 37.7 Å². The Morgan fingerprint density at radius 2 is 1.96 bits per heavy atom. The maximum Gasteiger partial charge on any atom is 0.163 e. The Kier molecular flexibility index (Phi) is 7.32. The molecule has 130 valence electrons. The normalized spacial score (nSPS) is 24.3. The van der Waals surface area contributed by atoms with Gasteiger partial charge in [0.15, 0.2) is 5.79 Å². The van der Waals surface area contributed by atoms with Gasteiger partial charge in [-0.3, -0.25) is 0 Å². The summed E-state index contributed by atoms with van der Waals surface area (Å²) in [5, 5.41) is 0. The quantitative estimate of drug-likeness (QED) is 0.436. The Balaban J connectivity index is 2.01. The Hall–Kier alpha value is -0.170. The van der Waals surface area contributed by atoms with Crippen molar-refractivity contribution in [2.45, 2.75) is 58.7 Å². The molecule has 1 aliphatic heterocycles. The molecular weight excluding hydrogens is 403 g/mol. The minimum Gasteiger partial charge on any atom is -0.370 e. The second-order valence-electron chi connectivity index (χ2n) is 7.10. The van der Waals surface area contributed by atoms with Crippen molar-refractivity contribution in [3.8, 4) is 0 Å². The summed E-state index contributed by atoms with van der Waals surface area (Å²) in [4.78, 5) is 0. The van der Waals surface area contributed by atoms with Gasteiger partial charge in [0, 0.05) is 4.43 Å². The van der Waals surface area contributed by atoms with E-state index in [4.69, 9.17) is 14.2 Å². The highest BCUT2D eigenvalue weighted by molar-refractivity contribution is 14.1. The molecule has 1 aromatic carbocycles. The van der Waals surface area contributed by atoms with Gasteiger partial charge in [0.1, 0.15) is 6.10 Å². The lowest BCUT2D eigenvalue weighted by Gasteiger charge is -2.30. The van der Waals surface area contributed by atoms with E-state index >= 15 is 0 Å². The molecule has 4 heteroatoms. The summed E-state index contributed by atoms with van der Waals surface area (Å²) >= 11 is 2.46. The zero-order chi connectivity index (χ0) is 16.9. The molecule has 0 aliphatic carbocycles. The van der Waals surface area contributed by atoms with Crippen LogP contribution in [-0.4, -0.2) is 29.0 Å². The number of halogens is 1. The van der Waals surface area contributed by atoms with Crippen molar-refractivity contribution in [1.29, 1.82) is 0 Å². The fraction of sp³-hybridized carbons (Fsp3) is 0.684. The first-order valence-electron chi connectivity index (χ1n) is 8.44. The smallest absolute Gasteiger partial charge is 0.163 e. The fourth-order valence-electron chi connectivity index (χ4n) is 3.11. The standard InChI is InChI=1S/C19H29IO3/c1-14(11-20)10-15(2)18(17-13-22-19(3,4)23-17)21-12-16-8-6-5-7-9-16/h5-9,14-15,17-18H,10-13H2,1-4H3/t14-,15+,17-,18-/m1/s1. The Labute approximate surface area is 154 Å². The molecular formula is C19H29IO3. The van der Waals surface area contributed by atoms with Gasteiger partial charge in [-0.1, -0.05) is 66.8 Å². The lowest BCUT2D eigenvalue weighted by atomic mass is 9.91. The minimum atomic E-state index is -0.506. The molecule has 3 nitrogen and oxygen atoms in total. The van der Waals surface area contributed by atoms with E-state index in [-0.39, 0.29) is 12.2 Å². The van der Waals surface area contributed by atoms with Crippen molar-refractivity contribution in [2.24, 2.45) is 11.8 Å². The number of hydrogen-bond donors (Lipinski definition) is 0. The molecule has 1 aromatic rings. The van der Waals surface area contributed by atoms with Crippen molar-refractivity contribution in [1.82, 2.24) is 0 Å². The largest absolute Gasteiger partial charge is 0.370 e. The summed E-state index contributed by atoms with van der Waals surface area (Å²) in [6, 6.07) is 10.3. The number of ether oxygens (including phenoxy) is 3. The average Bonchev–Trinajstić information content (AvgIpc) is 2.88. The summed E-state index contributed by atoms with van der Waals surface area (Å²) in [7, 11) is 0. The molecule has 0 N–H and O–H groups in total. The predicted molar refractivity (Wildman–Crippen MR) is 102 cm³/mol. The van der Waals surface area contributed by atoms with Gasteiger partial charge in [-0.15, -0.1) is 0 Å². The summed E-state index contributed by atoms with van der Waals surface area (Å²) in [6.45, 7) is 9.74. The summed E-state index contributed by atoms with van der Waals surface area (Å²) in [5.41, 5.74) is 1.20. The van der Waals surface area contributed by atoms with Gasteiger partial charge in [0.05, 0.1) is 19.3 Å². The van der Waals surface area contributed by atoms with E-state index in [0.717, 1.165) is 6.42 Å². The van der Waals surface area contributed by atoms with Crippen LogP contribution in [0.1, 0.15) is 39.7 Å². The highest BCUT2D eigenvalue weighted by atomic mass is 127. The van der Waals surface area contributed by atoms with E-state index in [2.05, 4.69) is 48.6 Å². The molecule has 1 heterocycles. The third kappa shape index (κ3) is 6.00. The van der Waals surface area contributed by atoms with Crippen LogP contribution in [0.3, 0.4) is 0 Å². The lowest BCUT2D eigenvalue weighted by molar-refractivity contribution is -0.164. The van der Waals surface area contributed by atoms with Gasteiger partial charge < -0.3 is 14.2 Å². The van der Waals surface area contributed by atoms with Crippen LogP contribution >= 0.6 is 22.6 Å². The summed E-state index contributed by atoms with van der Waals surface area (Å²) in [6.07, 6.45) is 1.20. The highest BCUT2D eigenvalue weighted by Crippen LogP contribution is 2.31. The molecule has 1 fully saturated rings. The molecule has 2 rings (SSSR count). The summed E-state index contributed by atoms with van der Waals surface area (Å²) < 4.78 is 19.3. The van der Waals surface area contributed by atoms with Gasteiger partial charge in [-0.2, -0.15) is 0 Å². The van der Waals surface area contributed by atoms with Crippen molar-refractivity contribution < 1.29 is 14.2 Å². The van der Waals surface area contributed by atoms with Gasteiger partial charge in [0.2, 0.25) is 0 Å². The third-order valence-corrected chi connectivity index (χ3v) is 5.78. The first-order chi connectivity index (χ1) is 10.9. The fourth-order valence-corrected chi connectivity index (χ4v) is 3.47. The van der Waals surface area contributed by atoms with Crippen molar-refractivity contribution in [3.63, 3.8) is 0 Å². The SMILES string of the molecule is C[C@@H](CI)C[C@H](C)[C@@H](OCc1ccccc1)[C@H]1COC(C)(C)O1. The lowest BCUT2D eigenvalue weighted by Crippen LogP contribution is -2.38. The summed E-state index contributed by atoms with van der Waals surface area (Å²) in [5.74, 6) is 0.614. The zero-order valence-corrected chi connectivity index (χ0v) is 16.8. The zero-order valence-electron chi connectivity index (χ0n) is 14.6. The van der Waals surface area contributed by atoms with E-state index in [9.17, 15) is 0 Å². The minimum absolute atomic E-state index is 0.00474. The molecule has 1 saturated heterocycles. The van der Waals surface area contributed by atoms with E-state index < -0.39 is 5.79 Å². The Bertz CT molecular complexity index is 463. The number of hydrogen-bond acceptors (Lipinski definition) is 3. The van der Waals surface area contributed by atoms with Gasteiger partial charge in [-0.25, -0.2) is 0 Å². The Morgan fingerprint density at radius 1 is 1.26 bits per heavy atom. The van der Waals surface area contributed by atoms with Gasteiger partial charge in [0.25, 0.3) is 0 Å². The van der Waals surface area contributed by atoms with Crippen LogP contribution in [0.15, 0.2) is 30.3 Å². The van der Waals surface area contributed by atoms with E-state index in [0.29, 0.717) is 25.0 Å². The van der Waals surface area contributed by atoms with Crippen LogP contribution in [0, 0.1) is 11.8 Å². The maximum absolute atomic E-state index is 6.31. The van der Waals surface area contributed by atoms with Crippen LogP contribution in [-0.2, 0) is 20.8 Å². The van der Waals surface area contributed by atoms with Crippen molar-refractivity contribution in [3.05, 3.63) is 35.9 Å². The second-order valence-corrected chi connectivity index (χ2v) is 7.98. The second kappa shape index (κ2) is 8.79. The van der Waals surface area contributed by atoms with Crippen LogP contribution in [0.5, 0.6) is 0 Å². The topological polar surface area (TPSA) is 27.7 Å². The molecule has 4 atom stereocenters. The molecule has 0 amide bonds. The molecule has 0 unspecified atom stereocenters. The molecule has 1 aliphatic rings. The first-order valence-corrected chi connectivity index (χ1v) is 9.97. The Morgan fingerprint density at radius 3 is 2.52 bits per heavy atom. The first kappa shape index (κ1) is 19.2. The molecule has 0 aromatic heterocycles. The molecule has 0 bridgehead atoms. The van der Waals surface area contributed by atoms with E-state index in [1.165, 1.54) is 9.99 Å². The van der Waals surface area contributed by atoms with Crippen molar-refractivity contribution in [2.75, 3.05) is 11.0 Å². The number of benzene rings is 1. The van der Waals surface area contributed by atoms with Crippen LogP contribution in [0.25, 0.3) is 0 Å². The van der Waals surface area contributed by atoms with E-state index in [1.807, 2.05) is 32.0 Å². The van der Waals surface area contributed by atoms with Crippen LogP contribution < -0.4 is 0 Å². The predicted octanol–water partition coefficient (Wildman–Crippen LogP) is 4.82. The molecule has 0 spiro atoms. The highest BCUT2D eigenvalue weighted by Gasteiger charge is 2.40.